The Balaban J connectivity index is 1.79. The molecule has 4 nitrogen and oxygen atoms in total. The van der Waals surface area contributed by atoms with Gasteiger partial charge >= 0.3 is 6.09 Å². The molecule has 0 unspecified atom stereocenters. The minimum atomic E-state index is -0.710. The first-order valence-corrected chi connectivity index (χ1v) is 6.92. The molecule has 1 aromatic rings. The van der Waals surface area contributed by atoms with Crippen molar-refractivity contribution in [2.45, 2.75) is 31.5 Å². The van der Waals surface area contributed by atoms with Crippen LogP contribution in [-0.2, 0) is 11.3 Å². The highest BCUT2D eigenvalue weighted by atomic mass is 16.6. The molecule has 1 aliphatic heterocycles. The van der Waals surface area contributed by atoms with Gasteiger partial charge in [-0.1, -0.05) is 36.4 Å². The van der Waals surface area contributed by atoms with Crippen LogP contribution in [0.25, 0.3) is 0 Å². The highest BCUT2D eigenvalue weighted by Crippen LogP contribution is 2.26. The minimum absolute atomic E-state index is 0.285. The molecule has 0 saturated carbocycles. The van der Waals surface area contributed by atoms with Crippen molar-refractivity contribution >= 4 is 6.09 Å². The molecule has 1 N–H and O–H groups in total. The number of piperidine rings is 1. The predicted octanol–water partition coefficient (Wildman–Crippen LogP) is 2.73. The summed E-state index contributed by atoms with van der Waals surface area (Å²) in [5, 5.41) is 10.2. The SMILES string of the molecule is C=CCC1(O)CCN(C(=O)OCc2ccccc2)CC1. The lowest BCUT2D eigenvalue weighted by Crippen LogP contribution is -2.46. The van der Waals surface area contributed by atoms with Crippen LogP contribution in [-0.4, -0.2) is 34.8 Å². The molecule has 0 bridgehead atoms. The molecule has 20 heavy (non-hydrogen) atoms. The number of benzene rings is 1. The van der Waals surface area contributed by atoms with Gasteiger partial charge in [0.2, 0.25) is 0 Å². The van der Waals surface area contributed by atoms with E-state index in [1.165, 1.54) is 0 Å². The van der Waals surface area contributed by atoms with E-state index < -0.39 is 5.60 Å². The molecule has 1 aromatic carbocycles. The van der Waals surface area contributed by atoms with Crippen LogP contribution in [0.1, 0.15) is 24.8 Å². The van der Waals surface area contributed by atoms with Crippen LogP contribution in [0, 0.1) is 0 Å². The second-order valence-electron chi connectivity index (χ2n) is 5.24. The van der Waals surface area contributed by atoms with Gasteiger partial charge in [0.25, 0.3) is 0 Å². The van der Waals surface area contributed by atoms with E-state index >= 15 is 0 Å². The van der Waals surface area contributed by atoms with Crippen LogP contribution in [0.5, 0.6) is 0 Å². The van der Waals surface area contributed by atoms with E-state index in [1.807, 2.05) is 30.3 Å². The number of aliphatic hydroxyl groups is 1. The molecule has 4 heteroatoms. The van der Waals surface area contributed by atoms with E-state index in [0.717, 1.165) is 5.56 Å². The fraction of sp³-hybridized carbons (Fsp3) is 0.438. The maximum atomic E-state index is 11.9. The normalized spacial score (nSPS) is 17.6. The molecule has 0 spiro atoms. The fourth-order valence-electron chi connectivity index (χ4n) is 2.39. The number of hydrogen-bond donors (Lipinski definition) is 1. The summed E-state index contributed by atoms with van der Waals surface area (Å²) >= 11 is 0. The van der Waals surface area contributed by atoms with Gasteiger partial charge in [0, 0.05) is 13.1 Å². The zero-order valence-corrected chi connectivity index (χ0v) is 11.6. The van der Waals surface area contributed by atoms with E-state index in [-0.39, 0.29) is 12.7 Å². The molecule has 0 aliphatic carbocycles. The van der Waals surface area contributed by atoms with Crippen LogP contribution in [0.3, 0.4) is 0 Å². The van der Waals surface area contributed by atoms with Crippen molar-refractivity contribution in [2.24, 2.45) is 0 Å². The molecule has 1 fully saturated rings. The largest absolute Gasteiger partial charge is 0.445 e. The number of ether oxygens (including phenoxy) is 1. The monoisotopic (exact) mass is 275 g/mol. The number of carbonyl (C=O) groups is 1. The van der Waals surface area contributed by atoms with Crippen LogP contribution in [0.4, 0.5) is 4.79 Å². The first-order chi connectivity index (χ1) is 9.63. The van der Waals surface area contributed by atoms with Gasteiger partial charge in [-0.05, 0) is 24.8 Å². The van der Waals surface area contributed by atoms with Crippen molar-refractivity contribution in [3.63, 3.8) is 0 Å². The van der Waals surface area contributed by atoms with Crippen molar-refractivity contribution < 1.29 is 14.6 Å². The van der Waals surface area contributed by atoms with Crippen LogP contribution in [0.2, 0.25) is 0 Å². The molecule has 108 valence electrons. The molecular formula is C16H21NO3. The van der Waals surface area contributed by atoms with Gasteiger partial charge in [-0.15, -0.1) is 6.58 Å². The Labute approximate surface area is 119 Å². The van der Waals surface area contributed by atoms with Crippen molar-refractivity contribution in [2.75, 3.05) is 13.1 Å². The molecule has 1 saturated heterocycles. The van der Waals surface area contributed by atoms with Gasteiger partial charge in [0.1, 0.15) is 6.61 Å². The summed E-state index contributed by atoms with van der Waals surface area (Å²) in [6, 6.07) is 9.61. The maximum Gasteiger partial charge on any atom is 0.410 e. The van der Waals surface area contributed by atoms with Gasteiger partial charge in [-0.2, -0.15) is 0 Å². The summed E-state index contributed by atoms with van der Waals surface area (Å²) < 4.78 is 5.28. The zero-order valence-electron chi connectivity index (χ0n) is 11.6. The molecular weight excluding hydrogens is 254 g/mol. The highest BCUT2D eigenvalue weighted by molar-refractivity contribution is 5.67. The van der Waals surface area contributed by atoms with E-state index in [0.29, 0.717) is 32.4 Å². The quantitative estimate of drug-likeness (QED) is 0.860. The smallest absolute Gasteiger partial charge is 0.410 e. The van der Waals surface area contributed by atoms with Crippen LogP contribution < -0.4 is 0 Å². The minimum Gasteiger partial charge on any atom is -0.445 e. The molecule has 1 aliphatic rings. The molecule has 0 atom stereocenters. The average molecular weight is 275 g/mol. The number of rotatable bonds is 4. The second kappa shape index (κ2) is 6.57. The average Bonchev–Trinajstić information content (AvgIpc) is 2.47. The number of carbonyl (C=O) groups excluding carboxylic acids is 1. The summed E-state index contributed by atoms with van der Waals surface area (Å²) in [4.78, 5) is 13.6. The maximum absolute atomic E-state index is 11.9. The van der Waals surface area contributed by atoms with Gasteiger partial charge in [-0.3, -0.25) is 0 Å². The Kier molecular flexibility index (Phi) is 4.79. The Morgan fingerprint density at radius 2 is 2.00 bits per heavy atom. The van der Waals surface area contributed by atoms with E-state index in [9.17, 15) is 9.90 Å². The number of nitrogens with zero attached hydrogens (tertiary/aromatic N) is 1. The van der Waals surface area contributed by atoms with Gasteiger partial charge in [-0.25, -0.2) is 4.79 Å². The molecule has 1 amide bonds. The third-order valence-electron chi connectivity index (χ3n) is 3.68. The van der Waals surface area contributed by atoms with Crippen molar-refractivity contribution in [3.8, 4) is 0 Å². The highest BCUT2D eigenvalue weighted by Gasteiger charge is 2.33. The Bertz CT molecular complexity index is 450. The first kappa shape index (κ1) is 14.6. The van der Waals surface area contributed by atoms with E-state index in [1.54, 1.807) is 11.0 Å². The Morgan fingerprint density at radius 3 is 2.60 bits per heavy atom. The molecule has 0 aromatic heterocycles. The molecule has 1 heterocycles. The standard InChI is InChI=1S/C16H21NO3/c1-2-8-16(19)9-11-17(12-10-16)15(18)20-13-14-6-4-3-5-7-14/h2-7,19H,1,8-13H2. The summed E-state index contributed by atoms with van der Waals surface area (Å²) in [7, 11) is 0. The molecule has 0 radical (unpaired) electrons. The number of likely N-dealkylation sites (tertiary alicyclic amines) is 1. The van der Waals surface area contributed by atoms with Crippen LogP contribution in [0.15, 0.2) is 43.0 Å². The molecule has 2 rings (SSSR count). The van der Waals surface area contributed by atoms with E-state index in [2.05, 4.69) is 6.58 Å². The van der Waals surface area contributed by atoms with Crippen molar-refractivity contribution in [3.05, 3.63) is 48.6 Å². The first-order valence-electron chi connectivity index (χ1n) is 6.92. The fourth-order valence-corrected chi connectivity index (χ4v) is 2.39. The lowest BCUT2D eigenvalue weighted by molar-refractivity contribution is -0.0186. The summed E-state index contributed by atoms with van der Waals surface area (Å²) in [6.45, 7) is 4.99. The third kappa shape index (κ3) is 3.84. The lowest BCUT2D eigenvalue weighted by atomic mass is 9.88. The summed E-state index contributed by atoms with van der Waals surface area (Å²) in [5.74, 6) is 0. The predicted molar refractivity (Wildman–Crippen MR) is 77.2 cm³/mol. The number of amides is 1. The van der Waals surface area contributed by atoms with Crippen LogP contribution >= 0.6 is 0 Å². The van der Waals surface area contributed by atoms with Gasteiger partial charge < -0.3 is 14.7 Å². The zero-order chi connectivity index (χ0) is 14.4. The van der Waals surface area contributed by atoms with Crippen molar-refractivity contribution in [1.82, 2.24) is 4.90 Å². The summed E-state index contributed by atoms with van der Waals surface area (Å²) in [6.07, 6.45) is 3.12. The van der Waals surface area contributed by atoms with Gasteiger partial charge in [0.05, 0.1) is 5.60 Å². The van der Waals surface area contributed by atoms with Crippen molar-refractivity contribution in [1.29, 1.82) is 0 Å². The Morgan fingerprint density at radius 1 is 1.35 bits per heavy atom. The number of hydrogen-bond acceptors (Lipinski definition) is 3. The summed E-state index contributed by atoms with van der Waals surface area (Å²) in [5.41, 5.74) is 0.263. The Hall–Kier alpha value is -1.81. The van der Waals surface area contributed by atoms with Gasteiger partial charge in [0.15, 0.2) is 0 Å². The lowest BCUT2D eigenvalue weighted by Gasteiger charge is -2.37. The second-order valence-corrected chi connectivity index (χ2v) is 5.24. The van der Waals surface area contributed by atoms with E-state index in [4.69, 9.17) is 4.74 Å². The topological polar surface area (TPSA) is 49.8 Å². The third-order valence-corrected chi connectivity index (χ3v) is 3.68.